The second-order valence-corrected chi connectivity index (χ2v) is 7.01. The van der Waals surface area contributed by atoms with Crippen LogP contribution in [0.15, 0.2) is 47.5 Å². The zero-order valence-corrected chi connectivity index (χ0v) is 20.4. The Morgan fingerprint density at radius 1 is 1.10 bits per heavy atom. The lowest BCUT2D eigenvalue weighted by Gasteiger charge is -2.16. The quantitative estimate of drug-likeness (QED) is 0.189. The van der Waals surface area contributed by atoms with Gasteiger partial charge < -0.3 is 21.1 Å². The topological polar surface area (TPSA) is 88.7 Å². The van der Waals surface area contributed by atoms with E-state index in [2.05, 4.69) is 47.7 Å². The third-order valence-corrected chi connectivity index (χ3v) is 4.57. The lowest BCUT2D eigenvalue weighted by molar-refractivity contribution is 0.1000. The lowest BCUT2D eigenvalue weighted by Crippen LogP contribution is -2.36. The minimum atomic E-state index is -0.430. The molecule has 7 heteroatoms. The highest BCUT2D eigenvalue weighted by Gasteiger charge is 2.07. The van der Waals surface area contributed by atoms with Crippen molar-refractivity contribution >= 4 is 35.8 Å². The van der Waals surface area contributed by atoms with E-state index in [1.54, 1.807) is 19.2 Å². The van der Waals surface area contributed by atoms with Gasteiger partial charge in [0.15, 0.2) is 5.96 Å². The minimum absolute atomic E-state index is 0. The van der Waals surface area contributed by atoms with Gasteiger partial charge in [-0.25, -0.2) is 0 Å². The highest BCUT2D eigenvalue weighted by atomic mass is 127. The highest BCUT2D eigenvalue weighted by molar-refractivity contribution is 14.0. The maximum absolute atomic E-state index is 11.3. The van der Waals surface area contributed by atoms with Crippen LogP contribution < -0.4 is 21.1 Å². The summed E-state index contributed by atoms with van der Waals surface area (Å²) in [4.78, 5) is 15.6. The maximum atomic E-state index is 11.3. The highest BCUT2D eigenvalue weighted by Crippen LogP contribution is 2.20. The van der Waals surface area contributed by atoms with E-state index in [1.165, 1.54) is 18.4 Å². The summed E-state index contributed by atoms with van der Waals surface area (Å²) in [5, 5.41) is 6.58. The molecule has 0 heterocycles. The molecule has 0 aliphatic rings. The van der Waals surface area contributed by atoms with Gasteiger partial charge in [0.05, 0.1) is 6.61 Å². The zero-order chi connectivity index (χ0) is 21.1. The predicted octanol–water partition coefficient (Wildman–Crippen LogP) is 4.15. The van der Waals surface area contributed by atoms with E-state index >= 15 is 0 Å². The molecule has 6 nitrogen and oxygen atoms in total. The first-order valence-corrected chi connectivity index (χ1v) is 10.1. The van der Waals surface area contributed by atoms with Gasteiger partial charge in [-0.3, -0.25) is 9.79 Å². The van der Waals surface area contributed by atoms with Gasteiger partial charge in [0.2, 0.25) is 5.91 Å². The SMILES string of the molecule is CCCCCOc1cc(C)ccc1CNC(=NC)NCc1cccc(C(N)=O)c1.I. The Balaban J connectivity index is 0.00000450. The van der Waals surface area contributed by atoms with Crippen molar-refractivity contribution in [3.05, 3.63) is 64.7 Å². The number of hydrogen-bond acceptors (Lipinski definition) is 3. The summed E-state index contributed by atoms with van der Waals surface area (Å²) in [6.07, 6.45) is 3.41. The fourth-order valence-electron chi connectivity index (χ4n) is 2.90. The molecule has 4 N–H and O–H groups in total. The molecule has 0 spiro atoms. The van der Waals surface area contributed by atoms with Crippen LogP contribution in [0.3, 0.4) is 0 Å². The van der Waals surface area contributed by atoms with Crippen LogP contribution in [0.25, 0.3) is 0 Å². The molecular formula is C23H33IN4O2. The van der Waals surface area contributed by atoms with E-state index in [4.69, 9.17) is 10.5 Å². The van der Waals surface area contributed by atoms with E-state index in [-0.39, 0.29) is 24.0 Å². The Kier molecular flexibility index (Phi) is 11.9. The van der Waals surface area contributed by atoms with Crippen LogP contribution in [0.2, 0.25) is 0 Å². The Bertz CT molecular complexity index is 840. The van der Waals surface area contributed by atoms with E-state index in [1.807, 2.05) is 12.1 Å². The number of ether oxygens (including phenoxy) is 1. The van der Waals surface area contributed by atoms with Crippen LogP contribution in [0.5, 0.6) is 5.75 Å². The molecule has 0 radical (unpaired) electrons. The number of halogens is 1. The summed E-state index contributed by atoms with van der Waals surface area (Å²) in [7, 11) is 1.73. The number of aryl methyl sites for hydroxylation is 1. The first kappa shape index (κ1) is 25.7. The lowest BCUT2D eigenvalue weighted by atomic mass is 10.1. The second-order valence-electron chi connectivity index (χ2n) is 7.01. The number of unbranched alkanes of at least 4 members (excludes halogenated alkanes) is 2. The number of benzene rings is 2. The monoisotopic (exact) mass is 524 g/mol. The first-order chi connectivity index (χ1) is 14.0. The number of carbonyl (C=O) groups excluding carboxylic acids is 1. The average Bonchev–Trinajstić information content (AvgIpc) is 2.72. The van der Waals surface area contributed by atoms with Gasteiger partial charge in [0.25, 0.3) is 0 Å². The molecule has 0 saturated carbocycles. The minimum Gasteiger partial charge on any atom is -0.493 e. The number of hydrogen-bond donors (Lipinski definition) is 3. The molecular weight excluding hydrogens is 491 g/mol. The number of nitrogens with zero attached hydrogens (tertiary/aromatic N) is 1. The Morgan fingerprint density at radius 2 is 1.87 bits per heavy atom. The second kappa shape index (κ2) is 13.8. The van der Waals surface area contributed by atoms with E-state index in [0.29, 0.717) is 24.6 Å². The van der Waals surface area contributed by atoms with Crippen molar-refractivity contribution in [2.75, 3.05) is 13.7 Å². The summed E-state index contributed by atoms with van der Waals surface area (Å²) in [5.74, 6) is 1.16. The predicted molar refractivity (Wildman–Crippen MR) is 134 cm³/mol. The molecule has 2 aromatic carbocycles. The van der Waals surface area contributed by atoms with Crippen LogP contribution in [0.1, 0.15) is 53.2 Å². The zero-order valence-electron chi connectivity index (χ0n) is 18.0. The Morgan fingerprint density at radius 3 is 2.57 bits per heavy atom. The third-order valence-electron chi connectivity index (χ3n) is 4.57. The molecule has 0 atom stereocenters. The molecule has 30 heavy (non-hydrogen) atoms. The fraction of sp³-hybridized carbons (Fsp3) is 0.391. The summed E-state index contributed by atoms with van der Waals surface area (Å²) in [5.41, 5.74) is 9.07. The average molecular weight is 524 g/mol. The van der Waals surface area contributed by atoms with E-state index in [0.717, 1.165) is 29.9 Å². The van der Waals surface area contributed by atoms with Crippen molar-refractivity contribution in [2.24, 2.45) is 10.7 Å². The normalized spacial score (nSPS) is 10.8. The van der Waals surface area contributed by atoms with Gasteiger partial charge in [0, 0.05) is 31.3 Å². The Hall–Kier alpha value is -2.29. The largest absolute Gasteiger partial charge is 0.493 e. The molecule has 2 aromatic rings. The number of rotatable bonds is 10. The number of aliphatic imine (C=N–C) groups is 1. The van der Waals surface area contributed by atoms with Gasteiger partial charge in [-0.05, 0) is 42.7 Å². The van der Waals surface area contributed by atoms with Crippen molar-refractivity contribution in [1.29, 1.82) is 0 Å². The Labute approximate surface area is 196 Å². The molecule has 0 aliphatic heterocycles. The van der Waals surface area contributed by atoms with Crippen LogP contribution in [-0.2, 0) is 13.1 Å². The molecule has 0 aliphatic carbocycles. The molecule has 164 valence electrons. The van der Waals surface area contributed by atoms with Gasteiger partial charge in [-0.1, -0.05) is 44.0 Å². The van der Waals surface area contributed by atoms with E-state index in [9.17, 15) is 4.79 Å². The van der Waals surface area contributed by atoms with Gasteiger partial charge in [-0.15, -0.1) is 24.0 Å². The standard InChI is InChI=1S/C23H32N4O2.HI/c1-4-5-6-12-29-21-13-17(2)10-11-20(21)16-27-23(25-3)26-15-18-8-7-9-19(14-18)22(24)28;/h7-11,13-14H,4-6,12,15-16H2,1-3H3,(H2,24,28)(H2,25,26,27);1H. The fourth-order valence-corrected chi connectivity index (χ4v) is 2.90. The van der Waals surface area contributed by atoms with Crippen LogP contribution >= 0.6 is 24.0 Å². The number of primary amides is 1. The maximum Gasteiger partial charge on any atom is 0.248 e. The summed E-state index contributed by atoms with van der Waals surface area (Å²) < 4.78 is 6.01. The molecule has 0 saturated heterocycles. The molecule has 0 unspecified atom stereocenters. The molecule has 1 amide bonds. The number of nitrogens with one attached hydrogen (secondary N) is 2. The van der Waals surface area contributed by atoms with Gasteiger partial charge in [-0.2, -0.15) is 0 Å². The van der Waals surface area contributed by atoms with Crippen LogP contribution in [-0.4, -0.2) is 25.5 Å². The van der Waals surface area contributed by atoms with E-state index < -0.39 is 5.91 Å². The van der Waals surface area contributed by atoms with Gasteiger partial charge >= 0.3 is 0 Å². The summed E-state index contributed by atoms with van der Waals surface area (Å²) in [6.45, 7) is 6.12. The van der Waals surface area contributed by atoms with Gasteiger partial charge in [0.1, 0.15) is 5.75 Å². The third kappa shape index (κ3) is 8.61. The van der Waals surface area contributed by atoms with Crippen molar-refractivity contribution < 1.29 is 9.53 Å². The molecule has 0 aromatic heterocycles. The number of amides is 1. The molecule has 0 bridgehead atoms. The smallest absolute Gasteiger partial charge is 0.248 e. The number of guanidine groups is 1. The van der Waals surface area contributed by atoms with Crippen molar-refractivity contribution in [3.8, 4) is 5.75 Å². The molecule has 2 rings (SSSR count). The number of nitrogens with two attached hydrogens (primary N) is 1. The van der Waals surface area contributed by atoms with Crippen molar-refractivity contribution in [3.63, 3.8) is 0 Å². The number of carbonyl (C=O) groups is 1. The summed E-state index contributed by atoms with van der Waals surface area (Å²) in [6, 6.07) is 13.5. The summed E-state index contributed by atoms with van der Waals surface area (Å²) >= 11 is 0. The van der Waals surface area contributed by atoms with Crippen LogP contribution in [0, 0.1) is 6.92 Å². The van der Waals surface area contributed by atoms with Crippen molar-refractivity contribution in [1.82, 2.24) is 10.6 Å². The van der Waals surface area contributed by atoms with Crippen molar-refractivity contribution in [2.45, 2.75) is 46.2 Å². The first-order valence-electron chi connectivity index (χ1n) is 10.1. The van der Waals surface area contributed by atoms with Crippen LogP contribution in [0.4, 0.5) is 0 Å². The molecule has 0 fully saturated rings.